The predicted molar refractivity (Wildman–Crippen MR) is 76.6 cm³/mol. The maximum absolute atomic E-state index is 3.52. The molecule has 0 nitrogen and oxygen atoms in total. The number of rotatable bonds is 2. The predicted octanol–water partition coefficient (Wildman–Crippen LogP) is 4.96. The minimum atomic E-state index is 0.943. The summed E-state index contributed by atoms with van der Waals surface area (Å²) in [5.74, 6) is 0. The Balaban J connectivity index is 2.68. The summed E-state index contributed by atoms with van der Waals surface area (Å²) in [6.45, 7) is 2.21. The number of fused-ring (bicyclic) bond motifs is 1. The topological polar surface area (TPSA) is 0 Å². The highest BCUT2D eigenvalue weighted by Crippen LogP contribution is 2.32. The summed E-state index contributed by atoms with van der Waals surface area (Å²) in [6, 6.07) is 6.78. The zero-order valence-corrected chi connectivity index (χ0v) is 12.4. The van der Waals surface area contributed by atoms with Crippen LogP contribution in [0.2, 0.25) is 0 Å². The third-order valence-corrected chi connectivity index (χ3v) is 5.38. The van der Waals surface area contributed by atoms with Gasteiger partial charge in [0.2, 0.25) is 0 Å². The SMILES string of the molecule is CCc1cc2c(I)c(CBr)ccc2s1. The Morgan fingerprint density at radius 2 is 2.21 bits per heavy atom. The van der Waals surface area contributed by atoms with E-state index in [0.717, 1.165) is 11.8 Å². The fourth-order valence-corrected chi connectivity index (χ4v) is 4.45. The van der Waals surface area contributed by atoms with Crippen molar-refractivity contribution >= 4 is 59.9 Å². The summed E-state index contributed by atoms with van der Waals surface area (Å²) in [7, 11) is 0. The van der Waals surface area contributed by atoms with Crippen LogP contribution in [0.15, 0.2) is 18.2 Å². The fraction of sp³-hybridized carbons (Fsp3) is 0.273. The Bertz CT molecular complexity index is 462. The van der Waals surface area contributed by atoms with E-state index in [-0.39, 0.29) is 0 Å². The lowest BCUT2D eigenvalue weighted by molar-refractivity contribution is 1.19. The number of alkyl halides is 1. The zero-order valence-electron chi connectivity index (χ0n) is 7.81. The van der Waals surface area contributed by atoms with E-state index in [1.807, 2.05) is 11.3 Å². The fourth-order valence-electron chi connectivity index (χ4n) is 1.45. The average molecular weight is 381 g/mol. The molecule has 0 unspecified atom stereocenters. The molecule has 14 heavy (non-hydrogen) atoms. The van der Waals surface area contributed by atoms with Gasteiger partial charge in [0.25, 0.3) is 0 Å². The van der Waals surface area contributed by atoms with Gasteiger partial charge in [0.1, 0.15) is 0 Å². The van der Waals surface area contributed by atoms with Crippen LogP contribution >= 0.6 is 49.9 Å². The molecule has 3 heteroatoms. The van der Waals surface area contributed by atoms with Gasteiger partial charge in [-0.1, -0.05) is 28.9 Å². The molecular formula is C11H10BrIS. The van der Waals surface area contributed by atoms with Gasteiger partial charge >= 0.3 is 0 Å². The van der Waals surface area contributed by atoms with Crippen molar-refractivity contribution in [1.82, 2.24) is 0 Å². The monoisotopic (exact) mass is 380 g/mol. The van der Waals surface area contributed by atoms with Crippen LogP contribution < -0.4 is 0 Å². The van der Waals surface area contributed by atoms with E-state index in [9.17, 15) is 0 Å². The smallest absolute Gasteiger partial charge is 0.0356 e. The molecule has 0 spiro atoms. The molecule has 0 aliphatic carbocycles. The average Bonchev–Trinajstić information content (AvgIpc) is 2.62. The van der Waals surface area contributed by atoms with Gasteiger partial charge in [-0.2, -0.15) is 0 Å². The van der Waals surface area contributed by atoms with E-state index in [0.29, 0.717) is 0 Å². The number of hydrogen-bond donors (Lipinski definition) is 0. The summed E-state index contributed by atoms with van der Waals surface area (Å²) < 4.78 is 2.81. The van der Waals surface area contributed by atoms with Gasteiger partial charge in [0.05, 0.1) is 0 Å². The molecule has 1 aromatic carbocycles. The molecule has 0 saturated heterocycles. The van der Waals surface area contributed by atoms with Gasteiger partial charge in [0.15, 0.2) is 0 Å². The molecule has 2 aromatic rings. The van der Waals surface area contributed by atoms with Crippen molar-refractivity contribution in [3.63, 3.8) is 0 Å². The van der Waals surface area contributed by atoms with E-state index >= 15 is 0 Å². The van der Waals surface area contributed by atoms with Crippen LogP contribution in [0.3, 0.4) is 0 Å². The van der Waals surface area contributed by atoms with Crippen LogP contribution in [0, 0.1) is 3.57 Å². The first kappa shape index (κ1) is 10.9. The lowest BCUT2D eigenvalue weighted by atomic mass is 10.2. The maximum atomic E-state index is 3.52. The lowest BCUT2D eigenvalue weighted by Crippen LogP contribution is -1.82. The summed E-state index contributed by atoms with van der Waals surface area (Å²) >= 11 is 7.87. The molecule has 0 fully saturated rings. The molecule has 0 amide bonds. The van der Waals surface area contributed by atoms with E-state index in [4.69, 9.17) is 0 Å². The van der Waals surface area contributed by atoms with Crippen molar-refractivity contribution in [3.8, 4) is 0 Å². The molecule has 0 aliphatic rings. The highest BCUT2D eigenvalue weighted by Gasteiger charge is 2.07. The summed E-state index contributed by atoms with van der Waals surface area (Å²) in [5.41, 5.74) is 1.39. The quantitative estimate of drug-likeness (QED) is 0.510. The second kappa shape index (κ2) is 4.49. The van der Waals surface area contributed by atoms with Crippen LogP contribution in [-0.2, 0) is 11.8 Å². The Hall–Kier alpha value is 0.390. The molecule has 1 heterocycles. The van der Waals surface area contributed by atoms with E-state index in [1.54, 1.807) is 0 Å². The lowest BCUT2D eigenvalue weighted by Gasteiger charge is -2.00. The van der Waals surface area contributed by atoms with Gasteiger partial charge < -0.3 is 0 Å². The molecule has 2 rings (SSSR count). The zero-order chi connectivity index (χ0) is 10.1. The first-order valence-corrected chi connectivity index (χ1v) is 7.53. The summed E-state index contributed by atoms with van der Waals surface area (Å²) in [6.07, 6.45) is 1.14. The van der Waals surface area contributed by atoms with Gasteiger partial charge in [-0.25, -0.2) is 0 Å². The molecule has 0 bridgehead atoms. The number of benzene rings is 1. The number of thiophene rings is 1. The Kier molecular flexibility index (Phi) is 3.50. The normalized spacial score (nSPS) is 11.1. The minimum absolute atomic E-state index is 0.943. The number of hydrogen-bond acceptors (Lipinski definition) is 1. The van der Waals surface area contributed by atoms with Crippen LogP contribution in [0.1, 0.15) is 17.4 Å². The molecular weight excluding hydrogens is 371 g/mol. The first-order chi connectivity index (χ1) is 6.76. The Labute approximate surface area is 110 Å². The number of halogens is 2. The number of aryl methyl sites for hydroxylation is 1. The molecule has 0 N–H and O–H groups in total. The minimum Gasteiger partial charge on any atom is -0.140 e. The van der Waals surface area contributed by atoms with E-state index < -0.39 is 0 Å². The standard InChI is InChI=1S/C11H10BrIS/c1-2-8-5-9-10(14-8)4-3-7(6-12)11(9)13/h3-5H,2,6H2,1H3. The second-order valence-corrected chi connectivity index (χ2v) is 5.96. The molecule has 74 valence electrons. The van der Waals surface area contributed by atoms with Gasteiger partial charge in [0, 0.05) is 23.9 Å². The molecule has 0 aliphatic heterocycles. The maximum Gasteiger partial charge on any atom is 0.0356 e. The van der Waals surface area contributed by atoms with Crippen molar-refractivity contribution in [2.75, 3.05) is 0 Å². The van der Waals surface area contributed by atoms with Crippen LogP contribution in [-0.4, -0.2) is 0 Å². The molecule has 0 atom stereocenters. The Morgan fingerprint density at radius 1 is 1.43 bits per heavy atom. The summed E-state index contributed by atoms with van der Waals surface area (Å²) in [4.78, 5) is 1.48. The second-order valence-electron chi connectivity index (χ2n) is 3.15. The van der Waals surface area contributed by atoms with Crippen LogP contribution in [0.5, 0.6) is 0 Å². The largest absolute Gasteiger partial charge is 0.140 e. The Morgan fingerprint density at radius 3 is 2.86 bits per heavy atom. The van der Waals surface area contributed by atoms with Crippen molar-refractivity contribution in [2.45, 2.75) is 18.7 Å². The molecule has 1 aromatic heterocycles. The molecule has 0 radical (unpaired) electrons. The third kappa shape index (κ3) is 1.86. The van der Waals surface area contributed by atoms with Crippen molar-refractivity contribution in [3.05, 3.63) is 32.2 Å². The summed E-state index contributed by atoms with van der Waals surface area (Å²) in [5, 5.41) is 2.36. The molecule has 0 saturated carbocycles. The van der Waals surface area contributed by atoms with Crippen molar-refractivity contribution in [2.24, 2.45) is 0 Å². The van der Waals surface area contributed by atoms with Crippen molar-refractivity contribution < 1.29 is 0 Å². The van der Waals surface area contributed by atoms with Crippen LogP contribution in [0.4, 0.5) is 0 Å². The first-order valence-electron chi connectivity index (χ1n) is 4.52. The van der Waals surface area contributed by atoms with Crippen LogP contribution in [0.25, 0.3) is 10.1 Å². The van der Waals surface area contributed by atoms with Gasteiger partial charge in [-0.15, -0.1) is 11.3 Å². The third-order valence-electron chi connectivity index (χ3n) is 2.26. The van der Waals surface area contributed by atoms with Gasteiger partial charge in [-0.05, 0) is 46.7 Å². The van der Waals surface area contributed by atoms with Gasteiger partial charge in [-0.3, -0.25) is 0 Å². The van der Waals surface area contributed by atoms with Crippen molar-refractivity contribution in [1.29, 1.82) is 0 Å². The van der Waals surface area contributed by atoms with E-state index in [2.05, 4.69) is 63.6 Å². The highest BCUT2D eigenvalue weighted by molar-refractivity contribution is 14.1. The van der Waals surface area contributed by atoms with E-state index in [1.165, 1.54) is 24.1 Å². The highest BCUT2D eigenvalue weighted by atomic mass is 127.